The van der Waals surface area contributed by atoms with Crippen molar-refractivity contribution >= 4 is 17.3 Å². The molecule has 26 heavy (non-hydrogen) atoms. The van der Waals surface area contributed by atoms with E-state index in [1.54, 1.807) is 0 Å². The quantitative estimate of drug-likeness (QED) is 0.706. The van der Waals surface area contributed by atoms with Crippen LogP contribution in [0.2, 0.25) is 0 Å². The van der Waals surface area contributed by atoms with E-state index in [0.717, 1.165) is 29.9 Å². The van der Waals surface area contributed by atoms with E-state index in [2.05, 4.69) is 34.5 Å². The minimum atomic E-state index is -0.0847. The lowest BCUT2D eigenvalue weighted by Gasteiger charge is -2.17. The SMILES string of the molecule is O=C(Nc1ccc(N2CCCC2)cc1)c1ccc(-c2ccccc2)cc1. The zero-order valence-electron chi connectivity index (χ0n) is 14.7. The van der Waals surface area contributed by atoms with Gasteiger partial charge in [0.05, 0.1) is 0 Å². The molecule has 4 rings (SSSR count). The van der Waals surface area contributed by atoms with Crippen molar-refractivity contribution in [2.24, 2.45) is 0 Å². The van der Waals surface area contributed by atoms with Crippen molar-refractivity contribution in [3.8, 4) is 11.1 Å². The van der Waals surface area contributed by atoms with Crippen LogP contribution in [0.3, 0.4) is 0 Å². The van der Waals surface area contributed by atoms with Crippen molar-refractivity contribution in [2.45, 2.75) is 12.8 Å². The van der Waals surface area contributed by atoms with Gasteiger partial charge >= 0.3 is 0 Å². The third kappa shape index (κ3) is 3.62. The lowest BCUT2D eigenvalue weighted by molar-refractivity contribution is 0.102. The molecule has 1 aliphatic heterocycles. The van der Waals surface area contributed by atoms with E-state index < -0.39 is 0 Å². The van der Waals surface area contributed by atoms with Crippen LogP contribution >= 0.6 is 0 Å². The first-order valence-electron chi connectivity index (χ1n) is 9.11. The van der Waals surface area contributed by atoms with Gasteiger partial charge in [0, 0.05) is 30.0 Å². The maximum atomic E-state index is 12.5. The second-order valence-electron chi connectivity index (χ2n) is 6.64. The number of nitrogens with zero attached hydrogens (tertiary/aromatic N) is 1. The zero-order chi connectivity index (χ0) is 17.8. The van der Waals surface area contributed by atoms with E-state index in [4.69, 9.17) is 0 Å². The Morgan fingerprint density at radius 3 is 2.00 bits per heavy atom. The van der Waals surface area contributed by atoms with Crippen molar-refractivity contribution < 1.29 is 4.79 Å². The monoisotopic (exact) mass is 342 g/mol. The summed E-state index contributed by atoms with van der Waals surface area (Å²) in [5.41, 5.74) is 4.97. The second-order valence-corrected chi connectivity index (χ2v) is 6.64. The average Bonchev–Trinajstić information content (AvgIpc) is 3.24. The van der Waals surface area contributed by atoms with Gasteiger partial charge < -0.3 is 10.2 Å². The van der Waals surface area contributed by atoms with Gasteiger partial charge in [0.2, 0.25) is 0 Å². The Labute approximate surface area is 154 Å². The van der Waals surface area contributed by atoms with Gasteiger partial charge in [-0.1, -0.05) is 42.5 Å². The average molecular weight is 342 g/mol. The first kappa shape index (κ1) is 16.4. The number of hydrogen-bond acceptors (Lipinski definition) is 2. The van der Waals surface area contributed by atoms with Crippen molar-refractivity contribution in [1.29, 1.82) is 0 Å². The van der Waals surface area contributed by atoms with Crippen LogP contribution in [0.25, 0.3) is 11.1 Å². The van der Waals surface area contributed by atoms with Gasteiger partial charge in [-0.25, -0.2) is 0 Å². The van der Waals surface area contributed by atoms with Crippen LogP contribution in [-0.4, -0.2) is 19.0 Å². The van der Waals surface area contributed by atoms with Gasteiger partial charge in [0.25, 0.3) is 5.91 Å². The number of amides is 1. The predicted octanol–water partition coefficient (Wildman–Crippen LogP) is 5.21. The number of anilines is 2. The molecule has 1 heterocycles. The number of benzene rings is 3. The normalized spacial score (nSPS) is 13.6. The Morgan fingerprint density at radius 2 is 1.35 bits per heavy atom. The van der Waals surface area contributed by atoms with E-state index in [9.17, 15) is 4.79 Å². The fraction of sp³-hybridized carbons (Fsp3) is 0.174. The van der Waals surface area contributed by atoms with Gasteiger partial charge in [-0.15, -0.1) is 0 Å². The molecule has 1 amide bonds. The number of carbonyl (C=O) groups excluding carboxylic acids is 1. The first-order chi connectivity index (χ1) is 12.8. The summed E-state index contributed by atoms with van der Waals surface area (Å²) < 4.78 is 0. The molecular weight excluding hydrogens is 320 g/mol. The van der Waals surface area contributed by atoms with Gasteiger partial charge in [-0.2, -0.15) is 0 Å². The molecule has 1 saturated heterocycles. The highest BCUT2D eigenvalue weighted by Crippen LogP contribution is 2.23. The van der Waals surface area contributed by atoms with E-state index in [0.29, 0.717) is 5.56 Å². The summed E-state index contributed by atoms with van der Waals surface area (Å²) in [6.45, 7) is 2.25. The molecule has 3 aromatic carbocycles. The van der Waals surface area contributed by atoms with Gasteiger partial charge in [-0.05, 0) is 60.4 Å². The summed E-state index contributed by atoms with van der Waals surface area (Å²) in [5, 5.41) is 2.98. The highest BCUT2D eigenvalue weighted by Gasteiger charge is 2.12. The van der Waals surface area contributed by atoms with Crippen LogP contribution in [0.4, 0.5) is 11.4 Å². The Hall–Kier alpha value is -3.07. The molecule has 0 aromatic heterocycles. The van der Waals surface area contributed by atoms with Crippen LogP contribution < -0.4 is 10.2 Å². The van der Waals surface area contributed by atoms with Crippen LogP contribution in [0.5, 0.6) is 0 Å². The molecule has 1 N–H and O–H groups in total. The van der Waals surface area contributed by atoms with E-state index in [1.807, 2.05) is 54.6 Å². The molecule has 130 valence electrons. The van der Waals surface area contributed by atoms with Crippen molar-refractivity contribution in [3.05, 3.63) is 84.4 Å². The van der Waals surface area contributed by atoms with Crippen LogP contribution in [0.1, 0.15) is 23.2 Å². The largest absolute Gasteiger partial charge is 0.372 e. The van der Waals surface area contributed by atoms with Crippen molar-refractivity contribution in [1.82, 2.24) is 0 Å². The minimum Gasteiger partial charge on any atom is -0.372 e. The number of rotatable bonds is 4. The van der Waals surface area contributed by atoms with Gasteiger partial charge in [-0.3, -0.25) is 4.79 Å². The van der Waals surface area contributed by atoms with Crippen LogP contribution in [0.15, 0.2) is 78.9 Å². The molecule has 0 bridgehead atoms. The van der Waals surface area contributed by atoms with Gasteiger partial charge in [0.15, 0.2) is 0 Å². The molecular formula is C23H22N2O. The summed E-state index contributed by atoms with van der Waals surface area (Å²) in [4.78, 5) is 14.9. The Morgan fingerprint density at radius 1 is 0.731 bits per heavy atom. The summed E-state index contributed by atoms with van der Waals surface area (Å²) in [6, 6.07) is 26.0. The van der Waals surface area contributed by atoms with Crippen LogP contribution in [-0.2, 0) is 0 Å². The fourth-order valence-corrected chi connectivity index (χ4v) is 3.38. The summed E-state index contributed by atoms with van der Waals surface area (Å²) >= 11 is 0. The molecule has 0 unspecified atom stereocenters. The molecule has 1 fully saturated rings. The summed E-state index contributed by atoms with van der Waals surface area (Å²) in [7, 11) is 0. The maximum Gasteiger partial charge on any atom is 0.255 e. The number of hydrogen-bond donors (Lipinski definition) is 1. The highest BCUT2D eigenvalue weighted by atomic mass is 16.1. The molecule has 0 radical (unpaired) electrons. The molecule has 3 nitrogen and oxygen atoms in total. The Bertz CT molecular complexity index is 864. The molecule has 3 heteroatoms. The third-order valence-corrected chi connectivity index (χ3v) is 4.85. The molecule has 0 aliphatic carbocycles. The topological polar surface area (TPSA) is 32.3 Å². The molecule has 0 spiro atoms. The smallest absolute Gasteiger partial charge is 0.255 e. The minimum absolute atomic E-state index is 0.0847. The van der Waals surface area contributed by atoms with Crippen LogP contribution in [0, 0.1) is 0 Å². The predicted molar refractivity (Wildman–Crippen MR) is 108 cm³/mol. The number of nitrogens with one attached hydrogen (secondary N) is 1. The standard InChI is InChI=1S/C23H22N2O/c26-23(20-10-8-19(9-11-20)18-6-2-1-3-7-18)24-21-12-14-22(15-13-21)25-16-4-5-17-25/h1-3,6-15H,4-5,16-17H2,(H,24,26). The highest BCUT2D eigenvalue weighted by molar-refractivity contribution is 6.04. The van der Waals surface area contributed by atoms with E-state index in [-0.39, 0.29) is 5.91 Å². The summed E-state index contributed by atoms with van der Waals surface area (Å²) in [6.07, 6.45) is 2.52. The molecule has 0 saturated carbocycles. The maximum absolute atomic E-state index is 12.5. The van der Waals surface area contributed by atoms with Crippen molar-refractivity contribution in [3.63, 3.8) is 0 Å². The van der Waals surface area contributed by atoms with Crippen molar-refractivity contribution in [2.75, 3.05) is 23.3 Å². The summed E-state index contributed by atoms with van der Waals surface area (Å²) in [5.74, 6) is -0.0847. The molecule has 0 atom stereocenters. The molecule has 1 aliphatic rings. The lowest BCUT2D eigenvalue weighted by atomic mass is 10.0. The molecule has 3 aromatic rings. The number of carbonyl (C=O) groups is 1. The van der Waals surface area contributed by atoms with Gasteiger partial charge in [0.1, 0.15) is 0 Å². The Kier molecular flexibility index (Phi) is 4.69. The fourth-order valence-electron chi connectivity index (χ4n) is 3.38. The third-order valence-electron chi connectivity index (χ3n) is 4.85. The lowest BCUT2D eigenvalue weighted by Crippen LogP contribution is -2.17. The Balaban J connectivity index is 1.43. The van der Waals surface area contributed by atoms with E-state index in [1.165, 1.54) is 18.5 Å². The first-order valence-corrected chi connectivity index (χ1v) is 9.11. The second kappa shape index (κ2) is 7.44. The zero-order valence-corrected chi connectivity index (χ0v) is 14.7. The van der Waals surface area contributed by atoms with E-state index >= 15 is 0 Å².